The lowest BCUT2D eigenvalue weighted by molar-refractivity contribution is -0.116. The Morgan fingerprint density at radius 3 is 2.70 bits per heavy atom. The largest absolute Gasteiger partial charge is 0.309 e. The number of anilines is 1. The molecule has 5 heteroatoms. The minimum Gasteiger partial charge on any atom is -0.309 e. The van der Waals surface area contributed by atoms with Gasteiger partial charge in [-0.25, -0.2) is 0 Å². The molecule has 4 rings (SSSR count). The van der Waals surface area contributed by atoms with Crippen molar-refractivity contribution in [3.05, 3.63) is 70.2 Å². The van der Waals surface area contributed by atoms with Crippen molar-refractivity contribution in [2.45, 2.75) is 12.3 Å². The molecular formula is C18H14BrN3O. The second kappa shape index (κ2) is 5.66. The Labute approximate surface area is 142 Å². The van der Waals surface area contributed by atoms with Gasteiger partial charge in [0.15, 0.2) is 5.82 Å². The highest BCUT2D eigenvalue weighted by atomic mass is 79.9. The fourth-order valence-corrected chi connectivity index (χ4v) is 3.51. The number of amides is 1. The first-order valence-corrected chi connectivity index (χ1v) is 8.20. The van der Waals surface area contributed by atoms with Crippen LogP contribution in [0.2, 0.25) is 0 Å². The molecule has 2 aromatic carbocycles. The standard InChI is InChI=1S/C18H14BrN3O/c19-13-8-4-7-12(9-13)14-10-15(23)20-18-16(14)17(21-22-18)11-5-2-1-3-6-11/h1-9,14H,10H2,(H2,20,21,22,23). The van der Waals surface area contributed by atoms with E-state index in [-0.39, 0.29) is 11.8 Å². The van der Waals surface area contributed by atoms with E-state index in [1.54, 1.807) is 0 Å². The Kier molecular flexibility index (Phi) is 3.50. The third-order valence-electron chi connectivity index (χ3n) is 4.11. The van der Waals surface area contributed by atoms with Crippen molar-refractivity contribution in [1.29, 1.82) is 0 Å². The highest BCUT2D eigenvalue weighted by Crippen LogP contribution is 2.41. The number of H-pyrrole nitrogens is 1. The molecule has 1 aromatic heterocycles. The maximum absolute atomic E-state index is 12.1. The summed E-state index contributed by atoms with van der Waals surface area (Å²) in [6, 6.07) is 18.2. The molecule has 0 radical (unpaired) electrons. The lowest BCUT2D eigenvalue weighted by atomic mass is 9.84. The zero-order valence-corrected chi connectivity index (χ0v) is 13.8. The molecule has 0 fully saturated rings. The van der Waals surface area contributed by atoms with Crippen LogP contribution >= 0.6 is 15.9 Å². The number of hydrogen-bond donors (Lipinski definition) is 2. The molecule has 0 spiro atoms. The lowest BCUT2D eigenvalue weighted by Gasteiger charge is -2.23. The van der Waals surface area contributed by atoms with Gasteiger partial charge in [0.1, 0.15) is 0 Å². The van der Waals surface area contributed by atoms with Gasteiger partial charge >= 0.3 is 0 Å². The number of halogens is 1. The van der Waals surface area contributed by atoms with Crippen LogP contribution in [0.1, 0.15) is 23.5 Å². The van der Waals surface area contributed by atoms with Gasteiger partial charge in [-0.2, -0.15) is 5.10 Å². The lowest BCUT2D eigenvalue weighted by Crippen LogP contribution is -2.23. The molecule has 0 saturated heterocycles. The first-order chi connectivity index (χ1) is 11.2. The predicted octanol–water partition coefficient (Wildman–Crippen LogP) is 4.31. The average molecular weight is 368 g/mol. The van der Waals surface area contributed by atoms with E-state index < -0.39 is 0 Å². The van der Waals surface area contributed by atoms with E-state index >= 15 is 0 Å². The summed E-state index contributed by atoms with van der Waals surface area (Å²) in [6.45, 7) is 0. The number of aromatic amines is 1. The van der Waals surface area contributed by atoms with Crippen LogP contribution in [0.5, 0.6) is 0 Å². The molecule has 1 unspecified atom stereocenters. The Hall–Kier alpha value is -2.40. The Bertz CT molecular complexity index is 873. The van der Waals surface area contributed by atoms with Crippen LogP contribution in [-0.2, 0) is 4.79 Å². The average Bonchev–Trinajstić information content (AvgIpc) is 2.98. The topological polar surface area (TPSA) is 57.8 Å². The summed E-state index contributed by atoms with van der Waals surface area (Å²) in [6.07, 6.45) is 0.419. The van der Waals surface area contributed by atoms with Crippen molar-refractivity contribution in [1.82, 2.24) is 10.2 Å². The number of hydrogen-bond acceptors (Lipinski definition) is 2. The molecular weight excluding hydrogens is 354 g/mol. The molecule has 1 amide bonds. The number of benzene rings is 2. The summed E-state index contributed by atoms with van der Waals surface area (Å²) in [5.41, 5.74) is 4.19. The number of fused-ring (bicyclic) bond motifs is 1. The summed E-state index contributed by atoms with van der Waals surface area (Å²) in [5.74, 6) is 0.615. The maximum Gasteiger partial charge on any atom is 0.226 e. The third-order valence-corrected chi connectivity index (χ3v) is 4.61. The number of aromatic nitrogens is 2. The van der Waals surface area contributed by atoms with Gasteiger partial charge in [-0.15, -0.1) is 0 Å². The molecule has 2 N–H and O–H groups in total. The first kappa shape index (κ1) is 14.2. The molecule has 0 aliphatic carbocycles. The van der Waals surface area contributed by atoms with Crippen LogP contribution in [0.25, 0.3) is 11.3 Å². The zero-order chi connectivity index (χ0) is 15.8. The summed E-state index contributed by atoms with van der Waals surface area (Å²) in [4.78, 5) is 12.1. The number of nitrogens with one attached hydrogen (secondary N) is 2. The van der Waals surface area contributed by atoms with E-state index in [1.807, 2.05) is 42.5 Å². The van der Waals surface area contributed by atoms with Gasteiger partial charge in [-0.1, -0.05) is 58.4 Å². The third kappa shape index (κ3) is 2.57. The molecule has 1 atom stereocenters. The highest BCUT2D eigenvalue weighted by molar-refractivity contribution is 9.10. The fourth-order valence-electron chi connectivity index (χ4n) is 3.09. The Morgan fingerprint density at radius 1 is 1.09 bits per heavy atom. The van der Waals surface area contributed by atoms with Crippen molar-refractivity contribution in [3.63, 3.8) is 0 Å². The minimum atomic E-state index is -0.00907. The van der Waals surface area contributed by atoms with Crippen LogP contribution in [0.15, 0.2) is 59.1 Å². The molecule has 1 aliphatic rings. The number of rotatable bonds is 2. The van der Waals surface area contributed by atoms with Gasteiger partial charge in [-0.05, 0) is 23.3 Å². The summed E-state index contributed by atoms with van der Waals surface area (Å²) in [5, 5.41) is 10.3. The molecule has 1 aliphatic heterocycles. The van der Waals surface area contributed by atoms with Crippen molar-refractivity contribution in [3.8, 4) is 11.3 Å². The van der Waals surface area contributed by atoms with E-state index in [0.29, 0.717) is 12.2 Å². The number of carbonyl (C=O) groups excluding carboxylic acids is 1. The van der Waals surface area contributed by atoms with Gasteiger partial charge in [0.2, 0.25) is 5.91 Å². The van der Waals surface area contributed by atoms with Gasteiger partial charge < -0.3 is 5.32 Å². The first-order valence-electron chi connectivity index (χ1n) is 7.41. The van der Waals surface area contributed by atoms with Crippen molar-refractivity contribution in [2.75, 3.05) is 5.32 Å². The molecule has 23 heavy (non-hydrogen) atoms. The van der Waals surface area contributed by atoms with Crippen molar-refractivity contribution >= 4 is 27.7 Å². The summed E-state index contributed by atoms with van der Waals surface area (Å²) in [7, 11) is 0. The van der Waals surface area contributed by atoms with Gasteiger partial charge in [0.25, 0.3) is 0 Å². The fraction of sp³-hybridized carbons (Fsp3) is 0.111. The molecule has 3 aromatic rings. The van der Waals surface area contributed by atoms with E-state index in [4.69, 9.17) is 0 Å². The van der Waals surface area contributed by atoms with E-state index in [2.05, 4.69) is 43.6 Å². The highest BCUT2D eigenvalue weighted by Gasteiger charge is 2.31. The maximum atomic E-state index is 12.1. The predicted molar refractivity (Wildman–Crippen MR) is 93.3 cm³/mol. The van der Waals surface area contributed by atoms with Crippen LogP contribution in [0, 0.1) is 0 Å². The van der Waals surface area contributed by atoms with Crippen LogP contribution < -0.4 is 5.32 Å². The van der Waals surface area contributed by atoms with E-state index in [9.17, 15) is 4.79 Å². The Balaban J connectivity index is 1.88. The SMILES string of the molecule is O=C1CC(c2cccc(Br)c2)c2c(n[nH]c2-c2ccccc2)N1. The number of carbonyl (C=O) groups is 1. The molecule has 114 valence electrons. The van der Waals surface area contributed by atoms with E-state index in [0.717, 1.165) is 26.9 Å². The van der Waals surface area contributed by atoms with E-state index in [1.165, 1.54) is 0 Å². The van der Waals surface area contributed by atoms with Gasteiger partial charge in [0, 0.05) is 22.4 Å². The quantitative estimate of drug-likeness (QED) is 0.708. The second-order valence-electron chi connectivity index (χ2n) is 5.59. The normalized spacial score (nSPS) is 16.7. The summed E-state index contributed by atoms with van der Waals surface area (Å²) >= 11 is 3.51. The molecule has 2 heterocycles. The number of nitrogens with zero attached hydrogens (tertiary/aromatic N) is 1. The van der Waals surface area contributed by atoms with Crippen molar-refractivity contribution < 1.29 is 4.79 Å². The second-order valence-corrected chi connectivity index (χ2v) is 6.50. The zero-order valence-electron chi connectivity index (χ0n) is 12.2. The van der Waals surface area contributed by atoms with Gasteiger partial charge in [-0.3, -0.25) is 9.89 Å². The molecule has 0 saturated carbocycles. The Morgan fingerprint density at radius 2 is 1.91 bits per heavy atom. The van der Waals surface area contributed by atoms with Crippen molar-refractivity contribution in [2.24, 2.45) is 0 Å². The van der Waals surface area contributed by atoms with Crippen LogP contribution in [0.3, 0.4) is 0 Å². The monoisotopic (exact) mass is 367 g/mol. The summed E-state index contributed by atoms with van der Waals surface area (Å²) < 4.78 is 1.01. The minimum absolute atomic E-state index is 0.00594. The smallest absolute Gasteiger partial charge is 0.226 e. The van der Waals surface area contributed by atoms with Gasteiger partial charge in [0.05, 0.1) is 5.69 Å². The van der Waals surface area contributed by atoms with Crippen LogP contribution in [0.4, 0.5) is 5.82 Å². The van der Waals surface area contributed by atoms with Crippen LogP contribution in [-0.4, -0.2) is 16.1 Å². The molecule has 0 bridgehead atoms. The molecule has 4 nitrogen and oxygen atoms in total.